The van der Waals surface area contributed by atoms with Gasteiger partial charge in [-0.2, -0.15) is 0 Å². The van der Waals surface area contributed by atoms with Crippen LogP contribution >= 0.6 is 12.4 Å². The lowest BCUT2D eigenvalue weighted by Crippen LogP contribution is -2.40. The first-order valence-corrected chi connectivity index (χ1v) is 9.90. The van der Waals surface area contributed by atoms with Gasteiger partial charge in [-0.3, -0.25) is 4.79 Å². The number of carbonyl (C=O) groups is 1. The zero-order chi connectivity index (χ0) is 19.6. The average Bonchev–Trinajstić information content (AvgIpc) is 3.23. The number of rotatable bonds is 4. The molecule has 1 fully saturated rings. The van der Waals surface area contributed by atoms with Crippen molar-refractivity contribution in [3.05, 3.63) is 60.2 Å². The van der Waals surface area contributed by atoms with Gasteiger partial charge in [0.1, 0.15) is 16.9 Å². The number of carbonyl (C=O) groups excluding carboxylic acids is 1. The van der Waals surface area contributed by atoms with Crippen molar-refractivity contribution in [3.63, 3.8) is 0 Å². The van der Waals surface area contributed by atoms with Crippen LogP contribution in [0.1, 0.15) is 36.0 Å². The quantitative estimate of drug-likeness (QED) is 0.507. The third kappa shape index (κ3) is 4.21. The molecule has 4 aromatic rings. The topological polar surface area (TPSA) is 92.9 Å². The SMILES string of the molecule is Cl.O=C(NC1CCC(Nc2ccc3ccccc3n2)CC1)c1ccc2nonc2c1. The molecule has 0 aliphatic heterocycles. The van der Waals surface area contributed by atoms with E-state index < -0.39 is 0 Å². The molecule has 0 unspecified atom stereocenters. The summed E-state index contributed by atoms with van der Waals surface area (Å²) < 4.78 is 4.69. The molecule has 7 nitrogen and oxygen atoms in total. The first-order chi connectivity index (χ1) is 14.2. The Kier molecular flexibility index (Phi) is 5.81. The molecular weight excluding hydrogens is 402 g/mol. The highest BCUT2D eigenvalue weighted by molar-refractivity contribution is 5.97. The molecule has 2 N–H and O–H groups in total. The Morgan fingerprint density at radius 2 is 1.63 bits per heavy atom. The van der Waals surface area contributed by atoms with Gasteiger partial charge in [0.05, 0.1) is 5.52 Å². The van der Waals surface area contributed by atoms with E-state index in [9.17, 15) is 4.79 Å². The number of amides is 1. The first-order valence-electron chi connectivity index (χ1n) is 9.90. The summed E-state index contributed by atoms with van der Waals surface area (Å²) in [6, 6.07) is 18.0. The second-order valence-electron chi connectivity index (χ2n) is 7.52. The van der Waals surface area contributed by atoms with Crippen LogP contribution in [0.2, 0.25) is 0 Å². The normalized spacial score (nSPS) is 18.7. The summed E-state index contributed by atoms with van der Waals surface area (Å²) in [5.74, 6) is 0.827. The molecule has 0 saturated heterocycles. The molecule has 1 aliphatic carbocycles. The van der Waals surface area contributed by atoms with E-state index >= 15 is 0 Å². The van der Waals surface area contributed by atoms with Gasteiger partial charge in [0.15, 0.2) is 0 Å². The van der Waals surface area contributed by atoms with Gasteiger partial charge < -0.3 is 10.6 Å². The molecule has 2 aromatic heterocycles. The number of para-hydroxylation sites is 1. The van der Waals surface area contributed by atoms with Crippen molar-refractivity contribution in [2.75, 3.05) is 5.32 Å². The molecule has 2 heterocycles. The number of hydrogen-bond acceptors (Lipinski definition) is 6. The summed E-state index contributed by atoms with van der Waals surface area (Å²) in [6.07, 6.45) is 3.85. The highest BCUT2D eigenvalue weighted by atomic mass is 35.5. The molecule has 2 aromatic carbocycles. The number of fused-ring (bicyclic) bond motifs is 2. The van der Waals surface area contributed by atoms with Crippen molar-refractivity contribution >= 4 is 46.1 Å². The molecule has 154 valence electrons. The van der Waals surface area contributed by atoms with Gasteiger partial charge in [-0.25, -0.2) is 9.61 Å². The van der Waals surface area contributed by atoms with Crippen LogP contribution in [0.4, 0.5) is 5.82 Å². The maximum Gasteiger partial charge on any atom is 0.251 e. The van der Waals surface area contributed by atoms with Crippen LogP contribution in [0, 0.1) is 0 Å². The van der Waals surface area contributed by atoms with Gasteiger partial charge >= 0.3 is 0 Å². The third-order valence-corrected chi connectivity index (χ3v) is 5.53. The first kappa shape index (κ1) is 20.1. The van der Waals surface area contributed by atoms with E-state index in [1.54, 1.807) is 18.2 Å². The summed E-state index contributed by atoms with van der Waals surface area (Å²) in [7, 11) is 0. The van der Waals surface area contributed by atoms with Crippen molar-refractivity contribution < 1.29 is 9.42 Å². The van der Waals surface area contributed by atoms with E-state index in [-0.39, 0.29) is 24.4 Å². The van der Waals surface area contributed by atoms with Gasteiger partial charge in [-0.1, -0.05) is 18.2 Å². The standard InChI is InChI=1S/C22H21N5O2.ClH/c28-22(15-5-11-19-20(13-15)27-29-26-19)24-17-9-7-16(8-10-17)23-21-12-6-14-3-1-2-4-18(14)25-21;/h1-6,11-13,16-17H,7-10H2,(H,23,25)(H,24,28);1H. The summed E-state index contributed by atoms with van der Waals surface area (Å²) in [5, 5.41) is 15.4. The smallest absolute Gasteiger partial charge is 0.251 e. The fourth-order valence-electron chi connectivity index (χ4n) is 3.93. The second-order valence-corrected chi connectivity index (χ2v) is 7.52. The molecule has 0 bridgehead atoms. The van der Waals surface area contributed by atoms with Crippen LogP contribution in [0.3, 0.4) is 0 Å². The highest BCUT2D eigenvalue weighted by Gasteiger charge is 2.23. The second kappa shape index (κ2) is 8.67. The number of anilines is 1. The van der Waals surface area contributed by atoms with Gasteiger partial charge in [0, 0.05) is 23.0 Å². The summed E-state index contributed by atoms with van der Waals surface area (Å²) in [6.45, 7) is 0. The fraction of sp³-hybridized carbons (Fsp3) is 0.273. The molecule has 1 saturated carbocycles. The van der Waals surface area contributed by atoms with Crippen molar-refractivity contribution in [2.24, 2.45) is 0 Å². The molecule has 8 heteroatoms. The zero-order valence-electron chi connectivity index (χ0n) is 16.2. The van der Waals surface area contributed by atoms with Crippen molar-refractivity contribution in [1.29, 1.82) is 0 Å². The Bertz CT molecular complexity index is 1170. The Morgan fingerprint density at radius 3 is 2.50 bits per heavy atom. The molecular formula is C22H22ClN5O2. The molecule has 1 aliphatic rings. The van der Waals surface area contributed by atoms with Crippen LogP contribution in [-0.4, -0.2) is 33.3 Å². The zero-order valence-corrected chi connectivity index (χ0v) is 17.1. The Labute approximate surface area is 179 Å². The summed E-state index contributed by atoms with van der Waals surface area (Å²) in [4.78, 5) is 17.3. The van der Waals surface area contributed by atoms with Crippen LogP contribution in [-0.2, 0) is 0 Å². The lowest BCUT2D eigenvalue weighted by Gasteiger charge is -2.30. The Hall–Kier alpha value is -3.19. The van der Waals surface area contributed by atoms with Gasteiger partial charge in [-0.05, 0) is 72.4 Å². The maximum absolute atomic E-state index is 12.6. The number of halogens is 1. The van der Waals surface area contributed by atoms with Gasteiger partial charge in [0.2, 0.25) is 0 Å². The van der Waals surface area contributed by atoms with E-state index in [4.69, 9.17) is 9.61 Å². The van der Waals surface area contributed by atoms with Crippen molar-refractivity contribution in [1.82, 2.24) is 20.6 Å². The molecule has 0 atom stereocenters. The number of aromatic nitrogens is 3. The lowest BCUT2D eigenvalue weighted by atomic mass is 9.91. The fourth-order valence-corrected chi connectivity index (χ4v) is 3.93. The minimum Gasteiger partial charge on any atom is -0.367 e. The minimum absolute atomic E-state index is 0. The third-order valence-electron chi connectivity index (χ3n) is 5.53. The number of nitrogens with one attached hydrogen (secondary N) is 2. The highest BCUT2D eigenvalue weighted by Crippen LogP contribution is 2.23. The predicted molar refractivity (Wildman–Crippen MR) is 118 cm³/mol. The van der Waals surface area contributed by atoms with E-state index in [0.717, 1.165) is 42.4 Å². The molecule has 30 heavy (non-hydrogen) atoms. The number of hydrogen-bond donors (Lipinski definition) is 2. The van der Waals surface area contributed by atoms with E-state index in [1.165, 1.54) is 0 Å². The molecule has 1 amide bonds. The number of nitrogens with zero attached hydrogens (tertiary/aromatic N) is 3. The summed E-state index contributed by atoms with van der Waals surface area (Å²) in [5.41, 5.74) is 2.82. The monoisotopic (exact) mass is 423 g/mol. The predicted octanol–water partition coefficient (Wildman–Crippen LogP) is 4.35. The molecule has 0 spiro atoms. The number of pyridine rings is 1. The Morgan fingerprint density at radius 1 is 0.867 bits per heavy atom. The molecule has 0 radical (unpaired) electrons. The largest absolute Gasteiger partial charge is 0.367 e. The Balaban J connectivity index is 0.00000218. The molecule has 5 rings (SSSR count). The van der Waals surface area contributed by atoms with E-state index in [2.05, 4.69) is 33.1 Å². The maximum atomic E-state index is 12.6. The summed E-state index contributed by atoms with van der Waals surface area (Å²) >= 11 is 0. The van der Waals surface area contributed by atoms with E-state index in [0.29, 0.717) is 22.6 Å². The van der Waals surface area contributed by atoms with E-state index in [1.807, 2.05) is 24.3 Å². The lowest BCUT2D eigenvalue weighted by molar-refractivity contribution is 0.0926. The van der Waals surface area contributed by atoms with Crippen LogP contribution < -0.4 is 10.6 Å². The van der Waals surface area contributed by atoms with Crippen molar-refractivity contribution in [2.45, 2.75) is 37.8 Å². The van der Waals surface area contributed by atoms with Crippen molar-refractivity contribution in [3.8, 4) is 0 Å². The minimum atomic E-state index is -0.0810. The average molecular weight is 424 g/mol. The van der Waals surface area contributed by atoms with Gasteiger partial charge in [0.25, 0.3) is 5.91 Å². The van der Waals surface area contributed by atoms with Crippen LogP contribution in [0.5, 0.6) is 0 Å². The van der Waals surface area contributed by atoms with Gasteiger partial charge in [-0.15, -0.1) is 12.4 Å². The number of benzene rings is 2. The van der Waals surface area contributed by atoms with Crippen LogP contribution in [0.25, 0.3) is 21.9 Å². The van der Waals surface area contributed by atoms with Crippen LogP contribution in [0.15, 0.2) is 59.2 Å².